The van der Waals surface area contributed by atoms with Crippen LogP contribution in [-0.4, -0.2) is 32.4 Å². The summed E-state index contributed by atoms with van der Waals surface area (Å²) in [4.78, 5) is 30.8. The third kappa shape index (κ3) is 5.38. The number of alkyl halides is 3. The zero-order chi connectivity index (χ0) is 26.2. The van der Waals surface area contributed by atoms with E-state index in [0.29, 0.717) is 26.6 Å². The molecule has 0 fully saturated rings. The number of carbonyl (C=O) groups excluding carboxylic acids is 1. The summed E-state index contributed by atoms with van der Waals surface area (Å²) in [5, 5.41) is 2.59. The predicted octanol–water partition coefficient (Wildman–Crippen LogP) is 4.97. The number of hydrogen-bond acceptors (Lipinski definition) is 6. The molecule has 11 heteroatoms. The second kappa shape index (κ2) is 10.2. The number of aromatic nitrogens is 2. The van der Waals surface area contributed by atoms with E-state index >= 15 is 0 Å². The van der Waals surface area contributed by atoms with Crippen molar-refractivity contribution in [1.82, 2.24) is 14.7 Å². The van der Waals surface area contributed by atoms with Crippen LogP contribution >= 0.6 is 46.1 Å². The summed E-state index contributed by atoms with van der Waals surface area (Å²) >= 11 is 19.5. The molecule has 1 atom stereocenters. The highest BCUT2D eigenvalue weighted by Crippen LogP contribution is 2.32. The number of thiazole rings is 1. The highest BCUT2D eigenvalue weighted by atomic mass is 35.6. The van der Waals surface area contributed by atoms with Gasteiger partial charge in [0.05, 0.1) is 22.7 Å². The highest BCUT2D eigenvalue weighted by molar-refractivity contribution is 7.15. The topological polar surface area (TPSA) is 81.9 Å². The first-order chi connectivity index (χ1) is 17.7. The van der Waals surface area contributed by atoms with Crippen LogP contribution in [-0.2, 0) is 0 Å². The van der Waals surface area contributed by atoms with Crippen molar-refractivity contribution in [2.45, 2.75) is 10.0 Å². The van der Waals surface area contributed by atoms with Crippen molar-refractivity contribution < 1.29 is 14.3 Å². The summed E-state index contributed by atoms with van der Waals surface area (Å²) < 4.78 is 11.1. The van der Waals surface area contributed by atoms with Gasteiger partial charge in [-0.15, -0.1) is 0 Å². The molecule has 0 aliphatic carbocycles. The van der Waals surface area contributed by atoms with Crippen molar-refractivity contribution in [3.8, 4) is 11.5 Å². The molecule has 2 heterocycles. The van der Waals surface area contributed by atoms with Gasteiger partial charge in [0.2, 0.25) is 10.0 Å². The zero-order valence-electron chi connectivity index (χ0n) is 19.2. The van der Waals surface area contributed by atoms with Gasteiger partial charge in [0.15, 0.2) is 4.96 Å². The van der Waals surface area contributed by atoms with Crippen LogP contribution in [0.2, 0.25) is 0 Å². The van der Waals surface area contributed by atoms with Crippen LogP contribution in [0.5, 0.6) is 11.5 Å². The molecule has 0 aliphatic rings. The van der Waals surface area contributed by atoms with Gasteiger partial charge in [-0.3, -0.25) is 9.59 Å². The molecule has 7 nitrogen and oxygen atoms in total. The lowest BCUT2D eigenvalue weighted by Crippen LogP contribution is -2.47. The Kier molecular flexibility index (Phi) is 7.00. The largest absolute Gasteiger partial charge is 0.497 e. The maximum absolute atomic E-state index is 13.0. The molecule has 0 bridgehead atoms. The van der Waals surface area contributed by atoms with E-state index in [1.165, 1.54) is 18.4 Å². The SMILES string of the molecule is COc1ccc(C(=O)N[C@H](Oc2ccc(/C=c3\sc4nc5ccccc5n4c3=O)cc2)C(Cl)(Cl)Cl)cc1. The van der Waals surface area contributed by atoms with Crippen LogP contribution in [0.3, 0.4) is 0 Å². The van der Waals surface area contributed by atoms with Crippen LogP contribution in [0, 0.1) is 0 Å². The number of amides is 1. The van der Waals surface area contributed by atoms with Crippen LogP contribution < -0.4 is 24.9 Å². The molecule has 0 saturated heterocycles. The lowest BCUT2D eigenvalue weighted by molar-refractivity contribution is 0.0833. The molecule has 188 valence electrons. The molecule has 0 aliphatic heterocycles. The fourth-order valence-electron chi connectivity index (χ4n) is 3.66. The van der Waals surface area contributed by atoms with Crippen molar-refractivity contribution in [1.29, 1.82) is 0 Å². The quantitative estimate of drug-likeness (QED) is 0.229. The molecule has 1 amide bonds. The molecular weight excluding hydrogens is 557 g/mol. The molecule has 0 spiro atoms. The van der Waals surface area contributed by atoms with Crippen LogP contribution in [0.25, 0.3) is 22.1 Å². The van der Waals surface area contributed by atoms with Gasteiger partial charge in [0, 0.05) is 5.56 Å². The second-order valence-electron chi connectivity index (χ2n) is 7.94. The number of nitrogens with one attached hydrogen (secondary N) is 1. The van der Waals surface area contributed by atoms with Gasteiger partial charge in [-0.05, 0) is 60.2 Å². The average Bonchev–Trinajstić information content (AvgIpc) is 3.40. The first-order valence-corrected chi connectivity index (χ1v) is 12.9. The Balaban J connectivity index is 1.35. The standard InChI is InChI=1S/C26H18Cl3N3O4S/c1-35-17-12-8-16(9-13-17)22(33)31-24(26(27,28)29)36-18-10-6-15(7-11-18)14-21-23(34)32-20-5-3-2-4-19(20)30-25(32)37-21/h2-14,24H,1H3,(H,31,33)/b21-14-/t24-/m1/s1. The first-order valence-electron chi connectivity index (χ1n) is 10.9. The van der Waals surface area contributed by atoms with Crippen molar-refractivity contribution in [2.75, 3.05) is 7.11 Å². The Hall–Kier alpha value is -3.30. The van der Waals surface area contributed by atoms with Gasteiger partial charge in [-0.2, -0.15) is 0 Å². The minimum absolute atomic E-state index is 0.133. The number of methoxy groups -OCH3 is 1. The molecule has 37 heavy (non-hydrogen) atoms. The summed E-state index contributed by atoms with van der Waals surface area (Å²) in [6.07, 6.45) is 0.506. The van der Waals surface area contributed by atoms with Gasteiger partial charge in [-0.25, -0.2) is 9.38 Å². The summed E-state index contributed by atoms with van der Waals surface area (Å²) in [6.45, 7) is 0. The van der Waals surface area contributed by atoms with Gasteiger partial charge >= 0.3 is 0 Å². The van der Waals surface area contributed by atoms with E-state index < -0.39 is 15.9 Å². The Labute approximate surface area is 229 Å². The normalized spacial score (nSPS) is 13.1. The molecule has 3 aromatic carbocycles. The summed E-state index contributed by atoms with van der Waals surface area (Å²) in [6, 6.07) is 20.8. The van der Waals surface area contributed by atoms with Crippen molar-refractivity contribution in [3.63, 3.8) is 0 Å². The average molecular weight is 575 g/mol. The monoisotopic (exact) mass is 573 g/mol. The molecule has 0 unspecified atom stereocenters. The molecule has 0 radical (unpaired) electrons. The van der Waals surface area contributed by atoms with E-state index in [2.05, 4.69) is 10.3 Å². The summed E-state index contributed by atoms with van der Waals surface area (Å²) in [5.41, 5.74) is 2.53. The van der Waals surface area contributed by atoms with Crippen LogP contribution in [0.15, 0.2) is 77.6 Å². The molecule has 5 aromatic rings. The first kappa shape index (κ1) is 25.4. The number of fused-ring (bicyclic) bond motifs is 3. The maximum Gasteiger partial charge on any atom is 0.274 e. The van der Waals surface area contributed by atoms with Gasteiger partial charge in [0.1, 0.15) is 11.5 Å². The smallest absolute Gasteiger partial charge is 0.274 e. The number of carbonyl (C=O) groups is 1. The lowest BCUT2D eigenvalue weighted by atomic mass is 10.2. The van der Waals surface area contributed by atoms with E-state index in [9.17, 15) is 9.59 Å². The van der Waals surface area contributed by atoms with Crippen LogP contribution in [0.1, 0.15) is 15.9 Å². The van der Waals surface area contributed by atoms with Gasteiger partial charge in [-0.1, -0.05) is 70.4 Å². The molecule has 2 aromatic heterocycles. The van der Waals surface area contributed by atoms with Crippen molar-refractivity contribution >= 4 is 74.1 Å². The van der Waals surface area contributed by atoms with E-state index in [4.69, 9.17) is 44.3 Å². The predicted molar refractivity (Wildman–Crippen MR) is 147 cm³/mol. The van der Waals surface area contributed by atoms with E-state index in [-0.39, 0.29) is 5.56 Å². The molecule has 0 saturated carbocycles. The zero-order valence-corrected chi connectivity index (χ0v) is 22.2. The maximum atomic E-state index is 13.0. The number of hydrogen-bond donors (Lipinski definition) is 1. The summed E-state index contributed by atoms with van der Waals surface area (Å²) in [7, 11) is 1.53. The van der Waals surface area contributed by atoms with E-state index in [1.54, 1.807) is 59.0 Å². The number of benzene rings is 3. The molecule has 1 N–H and O–H groups in total. The second-order valence-corrected chi connectivity index (χ2v) is 11.3. The third-order valence-electron chi connectivity index (χ3n) is 5.49. The number of rotatable bonds is 6. The Bertz CT molecular complexity index is 1690. The Morgan fingerprint density at radius 3 is 2.38 bits per heavy atom. The number of ether oxygens (including phenoxy) is 2. The lowest BCUT2D eigenvalue weighted by Gasteiger charge is -2.26. The van der Waals surface area contributed by atoms with Crippen LogP contribution in [0.4, 0.5) is 0 Å². The minimum atomic E-state index is -1.95. The molecular formula is C26H18Cl3N3O4S. The molecule has 5 rings (SSSR count). The fourth-order valence-corrected chi connectivity index (χ4v) is 4.95. The number of nitrogens with zero attached hydrogens (tertiary/aromatic N) is 2. The van der Waals surface area contributed by atoms with Crippen molar-refractivity contribution in [2.24, 2.45) is 0 Å². The minimum Gasteiger partial charge on any atom is -0.497 e. The van der Waals surface area contributed by atoms with Gasteiger partial charge in [0.25, 0.3) is 11.5 Å². The van der Waals surface area contributed by atoms with Gasteiger partial charge < -0.3 is 14.8 Å². The third-order valence-corrected chi connectivity index (χ3v) is 7.05. The fraction of sp³-hybridized carbons (Fsp3) is 0.115. The summed E-state index contributed by atoms with van der Waals surface area (Å²) in [5.74, 6) is 0.483. The van der Waals surface area contributed by atoms with E-state index in [0.717, 1.165) is 16.6 Å². The number of halogens is 3. The Morgan fingerprint density at radius 2 is 1.70 bits per heavy atom. The van der Waals surface area contributed by atoms with Crippen molar-refractivity contribution in [3.05, 3.63) is 98.8 Å². The van der Waals surface area contributed by atoms with E-state index in [1.807, 2.05) is 24.3 Å². The highest BCUT2D eigenvalue weighted by Gasteiger charge is 2.36. The number of imidazole rings is 1. The number of para-hydroxylation sites is 2. The Morgan fingerprint density at radius 1 is 1.03 bits per heavy atom.